The van der Waals surface area contributed by atoms with E-state index in [1.54, 1.807) is 6.92 Å². The molecule has 0 fully saturated rings. The molecule has 2 aromatic carbocycles. The summed E-state index contributed by atoms with van der Waals surface area (Å²) in [7, 11) is 2.12. The smallest absolute Gasteiger partial charge is 0.223 e. The van der Waals surface area contributed by atoms with Gasteiger partial charge >= 0.3 is 0 Å². The molecule has 3 rings (SSSR count). The average Bonchev–Trinajstić information content (AvgIpc) is 2.60. The number of hydrogen-bond acceptors (Lipinski definition) is 3. The second kappa shape index (κ2) is 7.28. The Morgan fingerprint density at radius 3 is 2.76 bits per heavy atom. The maximum atomic E-state index is 12.3. The van der Waals surface area contributed by atoms with Gasteiger partial charge in [-0.05, 0) is 42.5 Å². The van der Waals surface area contributed by atoms with Crippen LogP contribution in [0.4, 0.5) is 5.69 Å². The number of hydrogen-bond donors (Lipinski definition) is 2. The summed E-state index contributed by atoms with van der Waals surface area (Å²) < 4.78 is 0. The van der Waals surface area contributed by atoms with E-state index in [1.807, 2.05) is 30.3 Å². The molecule has 0 saturated carbocycles. The SMILES string of the molecule is CN1CCCc2cc(CNC(=O)CC(C)(O)c3ccccc3)ccc21. The van der Waals surface area contributed by atoms with Gasteiger partial charge in [-0.3, -0.25) is 4.79 Å². The lowest BCUT2D eigenvalue weighted by Gasteiger charge is -2.28. The first kappa shape index (κ1) is 17.5. The van der Waals surface area contributed by atoms with Crippen molar-refractivity contribution in [1.82, 2.24) is 5.32 Å². The lowest BCUT2D eigenvalue weighted by molar-refractivity contribution is -0.126. The topological polar surface area (TPSA) is 52.6 Å². The summed E-state index contributed by atoms with van der Waals surface area (Å²) in [5.74, 6) is -0.149. The van der Waals surface area contributed by atoms with Crippen molar-refractivity contribution in [2.45, 2.75) is 38.3 Å². The van der Waals surface area contributed by atoms with Crippen LogP contribution < -0.4 is 10.2 Å². The summed E-state index contributed by atoms with van der Waals surface area (Å²) in [5.41, 5.74) is 3.32. The van der Waals surface area contributed by atoms with Crippen LogP contribution in [0.2, 0.25) is 0 Å². The van der Waals surface area contributed by atoms with Gasteiger partial charge in [-0.1, -0.05) is 42.5 Å². The summed E-state index contributed by atoms with van der Waals surface area (Å²) in [5, 5.41) is 13.5. The monoisotopic (exact) mass is 338 g/mol. The van der Waals surface area contributed by atoms with Crippen molar-refractivity contribution in [2.75, 3.05) is 18.5 Å². The van der Waals surface area contributed by atoms with Gasteiger partial charge in [0.15, 0.2) is 0 Å². The molecule has 25 heavy (non-hydrogen) atoms. The summed E-state index contributed by atoms with van der Waals surface area (Å²) in [6.07, 6.45) is 2.30. The standard InChI is InChI=1S/C21H26N2O2/c1-21(25,18-8-4-3-5-9-18)14-20(24)22-15-16-10-11-19-17(13-16)7-6-12-23(19)2/h3-5,8-11,13,25H,6-7,12,14-15H2,1-2H3,(H,22,24). The fraction of sp³-hybridized carbons (Fsp3) is 0.381. The number of nitrogens with zero attached hydrogens (tertiary/aromatic N) is 1. The molecule has 0 radical (unpaired) electrons. The molecule has 1 atom stereocenters. The Morgan fingerprint density at radius 2 is 2.00 bits per heavy atom. The van der Waals surface area contributed by atoms with Crippen LogP contribution in [0.5, 0.6) is 0 Å². The third kappa shape index (κ3) is 4.20. The first-order valence-corrected chi connectivity index (χ1v) is 8.83. The molecule has 4 heteroatoms. The Kier molecular flexibility index (Phi) is 5.09. The number of carbonyl (C=O) groups excluding carboxylic acids is 1. The van der Waals surface area contributed by atoms with Crippen LogP contribution in [-0.4, -0.2) is 24.6 Å². The van der Waals surface area contributed by atoms with Crippen molar-refractivity contribution in [1.29, 1.82) is 0 Å². The highest BCUT2D eigenvalue weighted by Crippen LogP contribution is 2.27. The molecule has 0 aromatic heterocycles. The Labute approximate surface area is 149 Å². The zero-order chi connectivity index (χ0) is 17.9. The molecule has 2 aromatic rings. The highest BCUT2D eigenvalue weighted by atomic mass is 16.3. The maximum absolute atomic E-state index is 12.3. The van der Waals surface area contributed by atoms with Crippen LogP contribution in [0.15, 0.2) is 48.5 Å². The maximum Gasteiger partial charge on any atom is 0.223 e. The van der Waals surface area contributed by atoms with Crippen LogP contribution in [0.1, 0.15) is 36.5 Å². The fourth-order valence-electron chi connectivity index (χ4n) is 3.42. The van der Waals surface area contributed by atoms with Crippen LogP contribution in [0.3, 0.4) is 0 Å². The Bertz CT molecular complexity index is 741. The molecule has 1 amide bonds. The fourth-order valence-corrected chi connectivity index (χ4v) is 3.42. The lowest BCUT2D eigenvalue weighted by Crippen LogP contribution is -2.32. The number of rotatable bonds is 5. The minimum Gasteiger partial charge on any atom is -0.385 e. The zero-order valence-electron chi connectivity index (χ0n) is 15.0. The van der Waals surface area contributed by atoms with Crippen molar-refractivity contribution >= 4 is 11.6 Å². The van der Waals surface area contributed by atoms with E-state index in [0.29, 0.717) is 6.54 Å². The number of fused-ring (bicyclic) bond motifs is 1. The van der Waals surface area contributed by atoms with Crippen molar-refractivity contribution in [3.8, 4) is 0 Å². The van der Waals surface area contributed by atoms with Gasteiger partial charge in [0.25, 0.3) is 0 Å². The first-order valence-electron chi connectivity index (χ1n) is 8.83. The van der Waals surface area contributed by atoms with Crippen molar-refractivity contribution in [2.24, 2.45) is 0 Å². The predicted molar refractivity (Wildman–Crippen MR) is 101 cm³/mol. The average molecular weight is 338 g/mol. The Balaban J connectivity index is 1.59. The Hall–Kier alpha value is -2.33. The van der Waals surface area contributed by atoms with Crippen LogP contribution in [-0.2, 0) is 23.4 Å². The molecule has 0 bridgehead atoms. The molecule has 1 aliphatic rings. The van der Waals surface area contributed by atoms with Crippen LogP contribution in [0, 0.1) is 0 Å². The quantitative estimate of drug-likeness (QED) is 0.881. The number of carbonyl (C=O) groups is 1. The number of aryl methyl sites for hydroxylation is 1. The second-order valence-corrected chi connectivity index (χ2v) is 7.08. The normalized spacial score (nSPS) is 16.0. The number of benzene rings is 2. The Morgan fingerprint density at radius 1 is 1.24 bits per heavy atom. The third-order valence-electron chi connectivity index (χ3n) is 4.88. The van der Waals surface area contributed by atoms with Gasteiger partial charge in [0, 0.05) is 25.8 Å². The van der Waals surface area contributed by atoms with E-state index in [1.165, 1.54) is 17.7 Å². The minimum atomic E-state index is -1.16. The van der Waals surface area contributed by atoms with E-state index >= 15 is 0 Å². The number of amides is 1. The van der Waals surface area contributed by atoms with E-state index in [0.717, 1.165) is 24.1 Å². The van der Waals surface area contributed by atoms with Crippen molar-refractivity contribution < 1.29 is 9.90 Å². The largest absolute Gasteiger partial charge is 0.385 e. The summed E-state index contributed by atoms with van der Waals surface area (Å²) in [6.45, 7) is 3.26. The summed E-state index contributed by atoms with van der Waals surface area (Å²) in [6, 6.07) is 15.7. The van der Waals surface area contributed by atoms with Gasteiger partial charge in [0.2, 0.25) is 5.91 Å². The molecule has 0 spiro atoms. The highest BCUT2D eigenvalue weighted by Gasteiger charge is 2.26. The van der Waals surface area contributed by atoms with Crippen molar-refractivity contribution in [3.05, 3.63) is 65.2 Å². The predicted octanol–water partition coefficient (Wildman–Crippen LogP) is 2.98. The van der Waals surface area contributed by atoms with E-state index in [-0.39, 0.29) is 12.3 Å². The molecule has 0 saturated heterocycles. The van der Waals surface area contributed by atoms with Crippen LogP contribution in [0.25, 0.3) is 0 Å². The highest BCUT2D eigenvalue weighted by molar-refractivity contribution is 5.77. The number of aliphatic hydroxyl groups is 1. The summed E-state index contributed by atoms with van der Waals surface area (Å²) >= 11 is 0. The molecular weight excluding hydrogens is 312 g/mol. The van der Waals surface area contributed by atoms with E-state index in [9.17, 15) is 9.90 Å². The lowest BCUT2D eigenvalue weighted by atomic mass is 9.92. The summed E-state index contributed by atoms with van der Waals surface area (Å²) in [4.78, 5) is 14.5. The molecule has 1 heterocycles. The van der Waals surface area contributed by atoms with Gasteiger partial charge in [-0.15, -0.1) is 0 Å². The molecule has 132 valence electrons. The van der Waals surface area contributed by atoms with Crippen LogP contribution >= 0.6 is 0 Å². The molecule has 2 N–H and O–H groups in total. The zero-order valence-corrected chi connectivity index (χ0v) is 15.0. The third-order valence-corrected chi connectivity index (χ3v) is 4.88. The molecule has 0 aliphatic carbocycles. The van der Waals surface area contributed by atoms with E-state index in [4.69, 9.17) is 0 Å². The molecule has 1 aliphatic heterocycles. The van der Waals surface area contributed by atoms with Gasteiger partial charge in [-0.2, -0.15) is 0 Å². The number of nitrogens with one attached hydrogen (secondary N) is 1. The van der Waals surface area contributed by atoms with Gasteiger partial charge in [0.1, 0.15) is 0 Å². The number of anilines is 1. The van der Waals surface area contributed by atoms with Gasteiger partial charge in [0.05, 0.1) is 12.0 Å². The van der Waals surface area contributed by atoms with E-state index in [2.05, 4.69) is 35.5 Å². The molecule has 4 nitrogen and oxygen atoms in total. The van der Waals surface area contributed by atoms with Gasteiger partial charge in [-0.25, -0.2) is 0 Å². The minimum absolute atomic E-state index is 0.0463. The van der Waals surface area contributed by atoms with E-state index < -0.39 is 5.60 Å². The van der Waals surface area contributed by atoms with Crippen molar-refractivity contribution in [3.63, 3.8) is 0 Å². The second-order valence-electron chi connectivity index (χ2n) is 7.08. The van der Waals surface area contributed by atoms with Gasteiger partial charge < -0.3 is 15.3 Å². The molecule has 1 unspecified atom stereocenters. The molecular formula is C21H26N2O2. The first-order chi connectivity index (χ1) is 12.0.